The Kier molecular flexibility index (Phi) is 28.4. The number of furan rings is 3. The number of halogens is 6. The molecular formula is C114H105Cl3F3N7O9. The number of aryl methyl sites for hydroxylation is 2. The maximum absolute atomic E-state index is 14.0. The van der Waals surface area contributed by atoms with Crippen LogP contribution in [0.1, 0.15) is 174 Å². The molecule has 0 saturated heterocycles. The van der Waals surface area contributed by atoms with Crippen molar-refractivity contribution in [3.63, 3.8) is 0 Å². The van der Waals surface area contributed by atoms with Gasteiger partial charge in [0.2, 0.25) is 0 Å². The van der Waals surface area contributed by atoms with Crippen molar-refractivity contribution in [3.05, 3.63) is 356 Å². The maximum Gasteiger partial charge on any atom is 0.255 e. The van der Waals surface area contributed by atoms with Gasteiger partial charge < -0.3 is 48.2 Å². The molecule has 0 fully saturated rings. The van der Waals surface area contributed by atoms with Crippen LogP contribution in [0.5, 0.6) is 0 Å². The molecule has 0 spiro atoms. The molecule has 18 rings (SSSR count). The third kappa shape index (κ3) is 19.4. The van der Waals surface area contributed by atoms with E-state index in [1.165, 1.54) is 36.4 Å². The zero-order valence-corrected chi connectivity index (χ0v) is 79.2. The number of aromatic nitrogens is 3. The first-order valence-corrected chi connectivity index (χ1v) is 46.1. The summed E-state index contributed by atoms with van der Waals surface area (Å²) in [7, 11) is 4.71. The smallest absolute Gasteiger partial charge is 0.255 e. The molecule has 0 bridgehead atoms. The van der Waals surface area contributed by atoms with Gasteiger partial charge in [0.1, 0.15) is 51.5 Å². The van der Waals surface area contributed by atoms with Gasteiger partial charge in [-0.05, 0) is 248 Å². The van der Waals surface area contributed by atoms with Gasteiger partial charge in [0.25, 0.3) is 23.6 Å². The zero-order chi connectivity index (χ0) is 95.6. The molecule has 0 radical (unpaired) electrons. The summed E-state index contributed by atoms with van der Waals surface area (Å²) in [4.78, 5) is 86.1. The first kappa shape index (κ1) is 96.3. The first-order valence-electron chi connectivity index (χ1n) is 45.0. The highest BCUT2D eigenvalue weighted by Crippen LogP contribution is 2.48. The van der Waals surface area contributed by atoms with Gasteiger partial charge in [-0.2, -0.15) is 0 Å². The highest BCUT2D eigenvalue weighted by Gasteiger charge is 2.34. The molecule has 18 aromatic rings. The van der Waals surface area contributed by atoms with E-state index in [9.17, 15) is 41.9 Å². The number of rotatable bonds is 26. The molecule has 0 aliphatic heterocycles. The summed E-state index contributed by atoms with van der Waals surface area (Å²) in [5.41, 5.74) is 17.0. The molecule has 0 aliphatic carbocycles. The monoisotopic (exact) mass is 1880 g/mol. The van der Waals surface area contributed by atoms with Crippen molar-refractivity contribution >= 4 is 136 Å². The molecule has 4 N–H and O–H groups in total. The second kappa shape index (κ2) is 40.1. The summed E-state index contributed by atoms with van der Waals surface area (Å²) in [5.74, 6) is -0.887. The Bertz CT molecular complexity index is 7570. The molecule has 12 aromatic carbocycles. The highest BCUT2D eigenvalue weighted by atomic mass is 35.5. The SMILES string of the molecule is C.CCN(CC(C)(C)c1ccc(Cl)cc1)C(=O)c1cccc(-c2cc3c(C(=O)NC)c(-c4ccc(F)cc4)oc3c3ccn(CC)c23)c1.CCn1ccc2c3oc(-c4ccc(F)cc4)c(C(=O)NC)c3cc(-c3cccc(C(=O)CCC(C)(C)c4ccc(Cl)cc4)c3)c21.CNC(=O)c1c(-c2ccc(F)cc2)oc2c1cc(-c1cccc(C(=O)CCC(C)(C)c3ccc(Cl)cc3)c1)c1[nH]ccc12. The van der Waals surface area contributed by atoms with Crippen LogP contribution in [-0.4, -0.2) is 88.4 Å². The number of hydrogen-bond acceptors (Lipinski definition) is 9. The van der Waals surface area contributed by atoms with Crippen molar-refractivity contribution in [2.45, 2.75) is 125 Å². The van der Waals surface area contributed by atoms with Crippen LogP contribution in [0.15, 0.2) is 287 Å². The first-order chi connectivity index (χ1) is 64.8. The van der Waals surface area contributed by atoms with E-state index in [2.05, 4.69) is 85.5 Å². The Hall–Kier alpha value is -14.2. The summed E-state index contributed by atoms with van der Waals surface area (Å²) in [6.07, 6.45) is 7.97. The van der Waals surface area contributed by atoms with Crippen molar-refractivity contribution in [3.8, 4) is 67.4 Å². The van der Waals surface area contributed by atoms with E-state index in [4.69, 9.17) is 48.1 Å². The van der Waals surface area contributed by atoms with Crippen LogP contribution < -0.4 is 16.0 Å². The number of amides is 4. The van der Waals surface area contributed by atoms with Crippen LogP contribution in [0.3, 0.4) is 0 Å². The van der Waals surface area contributed by atoms with Crippen molar-refractivity contribution in [1.82, 2.24) is 35.0 Å². The lowest BCUT2D eigenvalue weighted by molar-refractivity contribution is 0.0731. The van der Waals surface area contributed by atoms with Gasteiger partial charge in [0, 0.05) is 182 Å². The van der Waals surface area contributed by atoms with Crippen molar-refractivity contribution < 1.29 is 55.2 Å². The average Bonchev–Trinajstić information content (AvgIpc) is 1.58. The molecular weight excluding hydrogens is 1770 g/mol. The molecule has 692 valence electrons. The molecule has 0 unspecified atom stereocenters. The summed E-state index contributed by atoms with van der Waals surface area (Å²) < 4.78 is 64.7. The Morgan fingerprint density at radius 1 is 0.382 bits per heavy atom. The van der Waals surface area contributed by atoms with Crippen molar-refractivity contribution in [1.29, 1.82) is 0 Å². The number of carbonyl (C=O) groups excluding carboxylic acids is 6. The van der Waals surface area contributed by atoms with E-state index in [0.717, 1.165) is 82.8 Å². The summed E-state index contributed by atoms with van der Waals surface area (Å²) in [5, 5.41) is 14.7. The molecule has 0 saturated carbocycles. The number of benzene rings is 12. The minimum absolute atomic E-state index is 0. The Morgan fingerprint density at radius 2 is 0.713 bits per heavy atom. The fourth-order valence-corrected chi connectivity index (χ4v) is 18.5. The number of Topliss-reactive ketones (excluding diaryl/α,β-unsaturated/α-hetero) is 2. The summed E-state index contributed by atoms with van der Waals surface area (Å²) in [6, 6.07) is 75.7. The predicted molar refractivity (Wildman–Crippen MR) is 544 cm³/mol. The largest absolute Gasteiger partial charge is 0.454 e. The van der Waals surface area contributed by atoms with Crippen molar-refractivity contribution in [2.24, 2.45) is 0 Å². The second-order valence-corrected chi connectivity index (χ2v) is 37.0. The lowest BCUT2D eigenvalue weighted by atomic mass is 9.79. The molecule has 16 nitrogen and oxygen atoms in total. The van der Waals surface area contributed by atoms with Gasteiger partial charge in [-0.3, -0.25) is 28.8 Å². The zero-order valence-electron chi connectivity index (χ0n) is 76.9. The lowest BCUT2D eigenvalue weighted by Crippen LogP contribution is -2.40. The van der Waals surface area contributed by atoms with Gasteiger partial charge in [0.05, 0.1) is 33.2 Å². The fraction of sp³-hybridized carbons (Fsp3) is 0.211. The van der Waals surface area contributed by atoms with E-state index >= 15 is 0 Å². The summed E-state index contributed by atoms with van der Waals surface area (Å²) >= 11 is 18.3. The van der Waals surface area contributed by atoms with Gasteiger partial charge in [-0.1, -0.05) is 169 Å². The van der Waals surface area contributed by atoms with Gasteiger partial charge in [0.15, 0.2) is 11.6 Å². The number of ketones is 2. The van der Waals surface area contributed by atoms with Crippen molar-refractivity contribution in [2.75, 3.05) is 34.2 Å². The predicted octanol–water partition coefficient (Wildman–Crippen LogP) is 29.1. The van der Waals surface area contributed by atoms with Crippen LogP contribution in [0.25, 0.3) is 133 Å². The van der Waals surface area contributed by atoms with Gasteiger partial charge in [-0.25, -0.2) is 13.2 Å². The number of fused-ring (bicyclic) bond motifs is 9. The summed E-state index contributed by atoms with van der Waals surface area (Å²) in [6.45, 7) is 21.4. The Balaban J connectivity index is 0.000000155. The van der Waals surface area contributed by atoms with E-state index in [1.54, 1.807) is 57.5 Å². The van der Waals surface area contributed by atoms with E-state index in [-0.39, 0.29) is 76.3 Å². The average molecular weight is 1880 g/mol. The molecule has 0 aliphatic rings. The molecule has 6 aromatic heterocycles. The van der Waals surface area contributed by atoms with E-state index in [1.807, 2.05) is 212 Å². The van der Waals surface area contributed by atoms with Crippen LogP contribution in [0.4, 0.5) is 13.2 Å². The quantitative estimate of drug-likeness (QED) is 0.0380. The van der Waals surface area contributed by atoms with Gasteiger partial charge >= 0.3 is 0 Å². The standard InChI is InChI=1S/C39H37ClFN3O3.C38H34ClFN2O3.C36H30ClFN2O3.CH4/c1-6-43-20-19-30-34(43)31(22-32-33(37(45)42-5)35(47-36(30)32)24-11-17-29(41)18-12-24)25-9-8-10-26(21-25)38(46)44(7-2)23-39(3,4)27-13-15-28(40)16-14-27;1-5-42-20-18-29-34(42)30(22-31-33(37(44)41-4)35(45-36(29)31)23-9-15-28(40)16-10-23)24-7-6-8-25(21-24)32(43)17-19-38(2,3)26-11-13-27(39)14-12-26;1-36(2,24-9-11-25(37)12-10-24)17-15-30(41)23-6-4-5-22(19-23)28-20-29-31(35(42)39-3)33(21-7-13-26(38)14-8-21)43-34(29)27-16-18-40-32(27)28;/h8-22H,6-7,23H2,1-5H3,(H,42,45);6-16,18,20-22H,5,17,19H2,1-4H3,(H,41,44);4-14,16,18-20,40H,15,17H2,1-3H3,(H,39,42);1H4. The number of carbonyl (C=O) groups is 6. The maximum atomic E-state index is 14.0. The van der Waals surface area contributed by atoms with E-state index < -0.39 is 0 Å². The molecule has 22 heteroatoms. The highest BCUT2D eigenvalue weighted by molar-refractivity contribution is 6.31. The minimum Gasteiger partial charge on any atom is -0.454 e. The number of nitrogens with one attached hydrogen (secondary N) is 4. The number of nitrogens with zero attached hydrogens (tertiary/aromatic N) is 3. The minimum atomic E-state index is -0.375. The molecule has 4 amide bonds. The van der Waals surface area contributed by atoms with E-state index in [0.29, 0.717) is 167 Å². The number of H-pyrrole nitrogens is 1. The molecule has 136 heavy (non-hydrogen) atoms. The molecule has 6 heterocycles. The lowest BCUT2D eigenvalue weighted by Gasteiger charge is -2.33. The Labute approximate surface area is 802 Å². The van der Waals surface area contributed by atoms with Crippen LogP contribution in [0, 0.1) is 17.5 Å². The van der Waals surface area contributed by atoms with Crippen LogP contribution >= 0.6 is 34.8 Å². The van der Waals surface area contributed by atoms with Crippen LogP contribution in [0.2, 0.25) is 15.1 Å². The number of likely N-dealkylation sites (N-methyl/N-ethyl adjacent to an activating group) is 1. The number of aromatic amines is 1. The van der Waals surface area contributed by atoms with Crippen LogP contribution in [-0.2, 0) is 29.3 Å². The third-order valence-corrected chi connectivity index (χ3v) is 26.5. The topological polar surface area (TPSA) is 207 Å². The normalized spacial score (nSPS) is 11.7. The molecule has 0 atom stereocenters. The number of hydrogen-bond donors (Lipinski definition) is 4. The van der Waals surface area contributed by atoms with Gasteiger partial charge in [-0.15, -0.1) is 0 Å². The fourth-order valence-electron chi connectivity index (χ4n) is 18.1. The Morgan fingerprint density at radius 3 is 1.07 bits per heavy atom. The third-order valence-electron chi connectivity index (χ3n) is 25.7. The second-order valence-electron chi connectivity index (χ2n) is 35.7.